The third kappa shape index (κ3) is 2.66. The molecule has 0 radical (unpaired) electrons. The van der Waals surface area contributed by atoms with Crippen LogP contribution < -0.4 is 10.1 Å². The topological polar surface area (TPSA) is 67.3 Å². The van der Waals surface area contributed by atoms with Gasteiger partial charge in [-0.15, -0.1) is 0 Å². The fourth-order valence-electron chi connectivity index (χ4n) is 1.90. The third-order valence-corrected chi connectivity index (χ3v) is 3.19. The highest BCUT2D eigenvalue weighted by Gasteiger charge is 2.34. The zero-order valence-corrected chi connectivity index (χ0v) is 10.4. The van der Waals surface area contributed by atoms with Crippen LogP contribution in [-0.4, -0.2) is 33.8 Å². The van der Waals surface area contributed by atoms with Gasteiger partial charge in [0.05, 0.1) is 17.8 Å². The van der Waals surface area contributed by atoms with Crippen molar-refractivity contribution in [2.75, 3.05) is 18.5 Å². The lowest BCUT2D eigenvalue weighted by Gasteiger charge is -2.36. The van der Waals surface area contributed by atoms with E-state index in [0.717, 1.165) is 30.6 Å². The van der Waals surface area contributed by atoms with Crippen LogP contribution in [0.4, 0.5) is 5.82 Å². The van der Waals surface area contributed by atoms with Gasteiger partial charge in [0.25, 0.3) is 0 Å². The molecule has 94 valence electrons. The number of hydrogen-bond acceptors (Lipinski definition) is 5. The average molecular weight is 237 g/mol. The van der Waals surface area contributed by atoms with Crippen LogP contribution in [-0.2, 0) is 0 Å². The maximum Gasteiger partial charge on any atom is 0.221 e. The highest BCUT2D eigenvalue weighted by molar-refractivity contribution is 5.47. The van der Waals surface area contributed by atoms with Gasteiger partial charge < -0.3 is 15.2 Å². The molecule has 0 saturated heterocycles. The largest absolute Gasteiger partial charge is 0.478 e. The maximum absolute atomic E-state index is 10.00. The van der Waals surface area contributed by atoms with Crippen molar-refractivity contribution in [2.24, 2.45) is 0 Å². The van der Waals surface area contributed by atoms with Crippen molar-refractivity contribution in [3.05, 3.63) is 11.9 Å². The van der Waals surface area contributed by atoms with Crippen molar-refractivity contribution in [1.29, 1.82) is 0 Å². The van der Waals surface area contributed by atoms with Gasteiger partial charge >= 0.3 is 0 Å². The van der Waals surface area contributed by atoms with Crippen LogP contribution in [0.25, 0.3) is 0 Å². The Kier molecular flexibility index (Phi) is 3.47. The van der Waals surface area contributed by atoms with E-state index in [9.17, 15) is 5.11 Å². The minimum absolute atomic E-state index is 0.538. The third-order valence-electron chi connectivity index (χ3n) is 3.19. The Morgan fingerprint density at radius 3 is 2.82 bits per heavy atom. The second-order valence-electron chi connectivity index (χ2n) is 4.52. The molecule has 2 rings (SSSR count). The first kappa shape index (κ1) is 12.1. The molecule has 1 saturated carbocycles. The molecule has 0 atom stereocenters. The second kappa shape index (κ2) is 4.87. The van der Waals surface area contributed by atoms with Gasteiger partial charge in [0.15, 0.2) is 0 Å². The number of hydrogen-bond donors (Lipinski definition) is 2. The molecule has 17 heavy (non-hydrogen) atoms. The molecule has 0 spiro atoms. The smallest absolute Gasteiger partial charge is 0.221 e. The summed E-state index contributed by atoms with van der Waals surface area (Å²) >= 11 is 0. The number of rotatable bonds is 5. The van der Waals surface area contributed by atoms with Crippen molar-refractivity contribution in [3.63, 3.8) is 0 Å². The Hall–Kier alpha value is -1.36. The summed E-state index contributed by atoms with van der Waals surface area (Å²) in [6.07, 6.45) is 4.31. The summed E-state index contributed by atoms with van der Waals surface area (Å²) in [5.41, 5.74) is 0.334. The summed E-state index contributed by atoms with van der Waals surface area (Å²) in [5, 5.41) is 13.2. The fraction of sp³-hybridized carbons (Fsp3) is 0.667. The fourth-order valence-corrected chi connectivity index (χ4v) is 1.90. The van der Waals surface area contributed by atoms with Gasteiger partial charge in [-0.25, -0.2) is 9.97 Å². The van der Waals surface area contributed by atoms with E-state index < -0.39 is 5.60 Å². The molecule has 0 amide bonds. The van der Waals surface area contributed by atoms with E-state index in [1.807, 2.05) is 13.8 Å². The van der Waals surface area contributed by atoms with Crippen LogP contribution in [0.1, 0.15) is 31.7 Å². The Balaban J connectivity index is 2.02. The molecular formula is C12H19N3O2. The zero-order valence-electron chi connectivity index (χ0n) is 10.4. The van der Waals surface area contributed by atoms with Crippen molar-refractivity contribution in [1.82, 2.24) is 9.97 Å². The standard InChI is InChI=1S/C12H19N3O2/c1-3-17-11-9(2)10(14-8-15-11)13-7-12(16)5-4-6-12/h8,16H,3-7H2,1-2H3,(H,13,14,15). The first-order chi connectivity index (χ1) is 8.14. The zero-order chi connectivity index (χ0) is 12.3. The molecule has 0 bridgehead atoms. The SMILES string of the molecule is CCOc1ncnc(NCC2(O)CCC2)c1C. The van der Waals surface area contributed by atoms with Crippen LogP contribution in [0.2, 0.25) is 0 Å². The normalized spacial score (nSPS) is 17.4. The molecule has 1 fully saturated rings. The molecule has 0 unspecified atom stereocenters. The second-order valence-corrected chi connectivity index (χ2v) is 4.52. The molecule has 1 aromatic heterocycles. The van der Waals surface area contributed by atoms with E-state index in [0.29, 0.717) is 19.0 Å². The summed E-state index contributed by atoms with van der Waals surface area (Å²) in [6.45, 7) is 4.96. The lowest BCUT2D eigenvalue weighted by Crippen LogP contribution is -2.43. The minimum Gasteiger partial charge on any atom is -0.478 e. The highest BCUT2D eigenvalue weighted by Crippen LogP contribution is 2.32. The quantitative estimate of drug-likeness (QED) is 0.812. The molecular weight excluding hydrogens is 218 g/mol. The summed E-state index contributed by atoms with van der Waals surface area (Å²) < 4.78 is 5.40. The van der Waals surface area contributed by atoms with Gasteiger partial charge in [-0.05, 0) is 33.1 Å². The minimum atomic E-state index is -0.552. The Morgan fingerprint density at radius 1 is 1.47 bits per heavy atom. The summed E-state index contributed by atoms with van der Waals surface area (Å²) in [4.78, 5) is 8.24. The van der Waals surface area contributed by atoms with E-state index in [4.69, 9.17) is 4.74 Å². The van der Waals surface area contributed by atoms with Gasteiger partial charge in [-0.1, -0.05) is 0 Å². The molecule has 1 aromatic rings. The molecule has 2 N–H and O–H groups in total. The van der Waals surface area contributed by atoms with Crippen molar-refractivity contribution < 1.29 is 9.84 Å². The van der Waals surface area contributed by atoms with Crippen LogP contribution >= 0.6 is 0 Å². The summed E-state index contributed by atoms with van der Waals surface area (Å²) in [5.74, 6) is 1.34. The van der Waals surface area contributed by atoms with Crippen molar-refractivity contribution >= 4 is 5.82 Å². The van der Waals surface area contributed by atoms with Gasteiger partial charge in [0.1, 0.15) is 12.1 Å². The number of aliphatic hydroxyl groups is 1. The molecule has 1 aliphatic rings. The molecule has 1 heterocycles. The Labute approximate surface area is 101 Å². The molecule has 1 aliphatic carbocycles. The molecule has 5 nitrogen and oxygen atoms in total. The Bertz CT molecular complexity index is 391. The number of nitrogens with zero attached hydrogens (tertiary/aromatic N) is 2. The lowest BCUT2D eigenvalue weighted by molar-refractivity contribution is -0.0202. The van der Waals surface area contributed by atoms with Gasteiger partial charge in [0, 0.05) is 6.54 Å². The monoisotopic (exact) mass is 237 g/mol. The Morgan fingerprint density at radius 2 is 2.24 bits per heavy atom. The van der Waals surface area contributed by atoms with Crippen LogP contribution in [0.15, 0.2) is 6.33 Å². The van der Waals surface area contributed by atoms with Crippen LogP contribution in [0.3, 0.4) is 0 Å². The first-order valence-corrected chi connectivity index (χ1v) is 6.05. The van der Waals surface area contributed by atoms with E-state index in [1.54, 1.807) is 0 Å². The van der Waals surface area contributed by atoms with Gasteiger partial charge in [0.2, 0.25) is 5.88 Å². The predicted octanol–water partition coefficient (Wildman–Crippen LogP) is 1.51. The van der Waals surface area contributed by atoms with E-state index >= 15 is 0 Å². The average Bonchev–Trinajstić information content (AvgIpc) is 2.28. The van der Waals surface area contributed by atoms with Gasteiger partial charge in [-0.3, -0.25) is 0 Å². The predicted molar refractivity (Wildman–Crippen MR) is 65.2 cm³/mol. The summed E-state index contributed by atoms with van der Waals surface area (Å²) in [6, 6.07) is 0. The van der Waals surface area contributed by atoms with E-state index in [2.05, 4.69) is 15.3 Å². The van der Waals surface area contributed by atoms with E-state index in [1.165, 1.54) is 6.33 Å². The number of nitrogens with one attached hydrogen (secondary N) is 1. The van der Waals surface area contributed by atoms with Crippen molar-refractivity contribution in [3.8, 4) is 5.88 Å². The number of aromatic nitrogens is 2. The van der Waals surface area contributed by atoms with Crippen molar-refractivity contribution in [2.45, 2.75) is 38.7 Å². The number of anilines is 1. The molecule has 0 aromatic carbocycles. The van der Waals surface area contributed by atoms with Crippen LogP contribution in [0.5, 0.6) is 5.88 Å². The number of ether oxygens (including phenoxy) is 1. The first-order valence-electron chi connectivity index (χ1n) is 6.05. The molecule has 0 aliphatic heterocycles. The maximum atomic E-state index is 10.00. The van der Waals surface area contributed by atoms with Crippen LogP contribution in [0, 0.1) is 6.92 Å². The van der Waals surface area contributed by atoms with Gasteiger partial charge in [-0.2, -0.15) is 0 Å². The highest BCUT2D eigenvalue weighted by atomic mass is 16.5. The molecule has 5 heteroatoms. The summed E-state index contributed by atoms with van der Waals surface area (Å²) in [7, 11) is 0. The lowest BCUT2D eigenvalue weighted by atomic mass is 9.80. The van der Waals surface area contributed by atoms with E-state index in [-0.39, 0.29) is 0 Å².